The Kier molecular flexibility index (Phi) is 5.14. The smallest absolute Gasteiger partial charge is 0.319 e. The minimum absolute atomic E-state index is 0.161. The number of nitro benzene ring substituents is 1. The van der Waals surface area contributed by atoms with E-state index >= 15 is 0 Å². The SMILES string of the molecule is Cc1ccc(NC(=O)Cn2nc(C(F)(F)F)c([N+](=O)[O-])c2C)c([N+](=O)[O-])c1. The lowest BCUT2D eigenvalue weighted by atomic mass is 10.2. The molecule has 0 radical (unpaired) electrons. The molecule has 1 heterocycles. The summed E-state index contributed by atoms with van der Waals surface area (Å²) in [6.07, 6.45) is -5.08. The molecule has 0 fully saturated rings. The molecule has 1 aromatic carbocycles. The molecule has 27 heavy (non-hydrogen) atoms. The molecule has 1 N–H and O–H groups in total. The molecular formula is C14H12F3N5O5. The van der Waals surface area contributed by atoms with Crippen molar-refractivity contribution in [2.24, 2.45) is 0 Å². The Morgan fingerprint density at radius 1 is 1.22 bits per heavy atom. The lowest BCUT2D eigenvalue weighted by Crippen LogP contribution is -2.21. The minimum Gasteiger partial charge on any atom is -0.319 e. The number of hydrogen-bond donors (Lipinski definition) is 1. The normalized spacial score (nSPS) is 11.3. The summed E-state index contributed by atoms with van der Waals surface area (Å²) in [5.74, 6) is -0.934. The van der Waals surface area contributed by atoms with Gasteiger partial charge in [0.2, 0.25) is 11.6 Å². The zero-order valence-corrected chi connectivity index (χ0v) is 13.9. The first kappa shape index (κ1) is 19.8. The van der Waals surface area contributed by atoms with E-state index in [0.717, 1.165) is 6.92 Å². The van der Waals surface area contributed by atoms with E-state index in [-0.39, 0.29) is 5.69 Å². The lowest BCUT2D eigenvalue weighted by Gasteiger charge is -2.07. The van der Waals surface area contributed by atoms with Crippen LogP contribution >= 0.6 is 0 Å². The van der Waals surface area contributed by atoms with Gasteiger partial charge >= 0.3 is 11.9 Å². The molecule has 0 spiro atoms. The van der Waals surface area contributed by atoms with E-state index in [9.17, 15) is 38.2 Å². The molecule has 13 heteroatoms. The van der Waals surface area contributed by atoms with Gasteiger partial charge in [0, 0.05) is 6.07 Å². The van der Waals surface area contributed by atoms with E-state index in [2.05, 4.69) is 10.4 Å². The number of nitro groups is 2. The number of carbonyl (C=O) groups is 1. The van der Waals surface area contributed by atoms with Crippen molar-refractivity contribution in [3.8, 4) is 0 Å². The number of nitrogens with zero attached hydrogens (tertiary/aromatic N) is 4. The summed E-state index contributed by atoms with van der Waals surface area (Å²) in [7, 11) is 0. The van der Waals surface area contributed by atoms with Crippen molar-refractivity contribution in [1.82, 2.24) is 9.78 Å². The standard InChI is InChI=1S/C14H12F3N5O5/c1-7-3-4-9(10(5-7)21(24)25)18-11(23)6-20-8(2)12(22(26)27)13(19-20)14(15,16)17/h3-5H,6H2,1-2H3,(H,18,23). The Morgan fingerprint density at radius 2 is 1.85 bits per heavy atom. The highest BCUT2D eigenvalue weighted by molar-refractivity contribution is 5.93. The van der Waals surface area contributed by atoms with Gasteiger partial charge in [-0.25, -0.2) is 0 Å². The Balaban J connectivity index is 2.32. The second-order valence-electron chi connectivity index (χ2n) is 5.52. The first-order chi connectivity index (χ1) is 12.4. The van der Waals surface area contributed by atoms with Gasteiger partial charge in [-0.1, -0.05) is 6.07 Å². The van der Waals surface area contributed by atoms with Crippen LogP contribution in [0.4, 0.5) is 30.2 Å². The molecule has 0 aliphatic rings. The summed E-state index contributed by atoms with van der Waals surface area (Å²) < 4.78 is 39.3. The molecule has 0 unspecified atom stereocenters. The zero-order valence-electron chi connectivity index (χ0n) is 13.9. The third-order valence-corrected chi connectivity index (χ3v) is 3.54. The summed E-state index contributed by atoms with van der Waals surface area (Å²) in [5.41, 5.74) is -3.45. The van der Waals surface area contributed by atoms with E-state index in [4.69, 9.17) is 0 Å². The number of rotatable bonds is 5. The van der Waals surface area contributed by atoms with Gasteiger partial charge < -0.3 is 5.32 Å². The topological polar surface area (TPSA) is 133 Å². The number of aromatic nitrogens is 2. The first-order valence-electron chi connectivity index (χ1n) is 7.25. The van der Waals surface area contributed by atoms with Crippen LogP contribution in [0.25, 0.3) is 0 Å². The van der Waals surface area contributed by atoms with E-state index in [0.29, 0.717) is 10.2 Å². The number of nitrogens with one attached hydrogen (secondary N) is 1. The molecule has 0 aliphatic carbocycles. The Bertz CT molecular complexity index is 938. The summed E-state index contributed by atoms with van der Waals surface area (Å²) in [6.45, 7) is 1.82. The number of aryl methyl sites for hydroxylation is 1. The van der Waals surface area contributed by atoms with E-state index < -0.39 is 51.2 Å². The van der Waals surface area contributed by atoms with E-state index in [1.54, 1.807) is 6.92 Å². The van der Waals surface area contributed by atoms with Gasteiger partial charge in [0.1, 0.15) is 17.9 Å². The highest BCUT2D eigenvalue weighted by Gasteiger charge is 2.44. The van der Waals surface area contributed by atoms with Crippen LogP contribution in [0.1, 0.15) is 17.0 Å². The Labute approximate surface area is 148 Å². The van der Waals surface area contributed by atoms with Gasteiger partial charge in [0.05, 0.1) is 9.85 Å². The largest absolute Gasteiger partial charge is 0.442 e. The molecule has 1 aromatic heterocycles. The van der Waals surface area contributed by atoms with Crippen LogP contribution in [0.5, 0.6) is 0 Å². The molecule has 1 amide bonds. The number of alkyl halides is 3. The Morgan fingerprint density at radius 3 is 2.33 bits per heavy atom. The average molecular weight is 387 g/mol. The fraction of sp³-hybridized carbons (Fsp3) is 0.286. The molecule has 2 aromatic rings. The Hall–Kier alpha value is -3.51. The summed E-state index contributed by atoms with van der Waals surface area (Å²) in [4.78, 5) is 32.1. The number of anilines is 1. The maximum Gasteiger partial charge on any atom is 0.442 e. The second kappa shape index (κ2) is 7.01. The molecule has 0 atom stereocenters. The van der Waals surface area contributed by atoms with Crippen LogP contribution in [0.3, 0.4) is 0 Å². The highest BCUT2D eigenvalue weighted by Crippen LogP contribution is 2.37. The summed E-state index contributed by atoms with van der Waals surface area (Å²) in [5, 5.41) is 27.3. The maximum absolute atomic E-state index is 12.9. The van der Waals surface area contributed by atoms with Crippen LogP contribution in [0.15, 0.2) is 18.2 Å². The van der Waals surface area contributed by atoms with Crippen LogP contribution in [0.2, 0.25) is 0 Å². The van der Waals surface area contributed by atoms with Gasteiger partial charge in [-0.2, -0.15) is 18.3 Å². The predicted molar refractivity (Wildman–Crippen MR) is 85.1 cm³/mol. The van der Waals surface area contributed by atoms with Crippen molar-refractivity contribution < 1.29 is 27.8 Å². The molecule has 2 rings (SSSR count). The molecule has 144 valence electrons. The van der Waals surface area contributed by atoms with Crippen LogP contribution in [-0.2, 0) is 17.5 Å². The number of hydrogen-bond acceptors (Lipinski definition) is 6. The van der Waals surface area contributed by atoms with Crippen molar-refractivity contribution >= 4 is 23.0 Å². The van der Waals surface area contributed by atoms with Gasteiger partial charge in [-0.05, 0) is 25.5 Å². The van der Waals surface area contributed by atoms with E-state index in [1.165, 1.54) is 18.2 Å². The van der Waals surface area contributed by atoms with Crippen LogP contribution < -0.4 is 5.32 Å². The van der Waals surface area contributed by atoms with Gasteiger partial charge in [0.25, 0.3) is 5.69 Å². The van der Waals surface area contributed by atoms with Crippen molar-refractivity contribution in [3.05, 3.63) is 55.4 Å². The number of amides is 1. The van der Waals surface area contributed by atoms with E-state index in [1.807, 2.05) is 0 Å². The quantitative estimate of drug-likeness (QED) is 0.619. The van der Waals surface area contributed by atoms with Crippen LogP contribution in [0, 0.1) is 34.1 Å². The lowest BCUT2D eigenvalue weighted by molar-refractivity contribution is -0.388. The van der Waals surface area contributed by atoms with Crippen molar-refractivity contribution in [2.45, 2.75) is 26.6 Å². The van der Waals surface area contributed by atoms with Gasteiger partial charge in [0.15, 0.2) is 0 Å². The third-order valence-electron chi connectivity index (χ3n) is 3.54. The summed E-state index contributed by atoms with van der Waals surface area (Å²) in [6, 6.07) is 3.97. The van der Waals surface area contributed by atoms with Crippen LogP contribution in [-0.4, -0.2) is 25.5 Å². The molecule has 0 bridgehead atoms. The number of carbonyl (C=O) groups excluding carboxylic acids is 1. The highest BCUT2D eigenvalue weighted by atomic mass is 19.4. The monoisotopic (exact) mass is 387 g/mol. The van der Waals surface area contributed by atoms with Crippen molar-refractivity contribution in [1.29, 1.82) is 0 Å². The average Bonchev–Trinajstić information content (AvgIpc) is 2.86. The first-order valence-corrected chi connectivity index (χ1v) is 7.25. The minimum atomic E-state index is -5.08. The fourth-order valence-corrected chi connectivity index (χ4v) is 2.32. The zero-order chi connectivity index (χ0) is 20.5. The van der Waals surface area contributed by atoms with Crippen molar-refractivity contribution in [3.63, 3.8) is 0 Å². The maximum atomic E-state index is 12.9. The van der Waals surface area contributed by atoms with Crippen molar-refractivity contribution in [2.75, 3.05) is 5.32 Å². The second-order valence-corrected chi connectivity index (χ2v) is 5.52. The molecule has 0 saturated carbocycles. The van der Waals surface area contributed by atoms with Gasteiger partial charge in [-0.3, -0.25) is 29.7 Å². The molecular weight excluding hydrogens is 375 g/mol. The third kappa shape index (κ3) is 4.19. The molecule has 10 nitrogen and oxygen atoms in total. The summed E-state index contributed by atoms with van der Waals surface area (Å²) >= 11 is 0. The fourth-order valence-electron chi connectivity index (χ4n) is 2.32. The molecule has 0 saturated heterocycles. The number of halogens is 3. The van der Waals surface area contributed by atoms with Gasteiger partial charge in [-0.15, -0.1) is 0 Å². The predicted octanol–water partition coefficient (Wildman–Crippen LogP) is 2.97. The number of benzene rings is 1. The molecule has 0 aliphatic heterocycles.